The van der Waals surface area contributed by atoms with E-state index in [4.69, 9.17) is 10.2 Å². The molecule has 2 amide bonds. The van der Waals surface area contributed by atoms with Crippen molar-refractivity contribution in [2.75, 3.05) is 12.4 Å². The maximum atomic E-state index is 13.8. The molecule has 2 heterocycles. The van der Waals surface area contributed by atoms with Crippen molar-refractivity contribution < 1.29 is 14.0 Å². The lowest BCUT2D eigenvalue weighted by atomic mass is 9.98. The number of anilines is 1. The van der Waals surface area contributed by atoms with Crippen LogP contribution in [0.5, 0.6) is 0 Å². The molecule has 0 saturated heterocycles. The SMILES string of the molecule is CNC(=O)c1ccc(-n2c(NC(C)C)nc3c(c2=O)C[C@@H](C)N(C(=O)c2ccc(F)c(C#N)c2)C3)cc1. The van der Waals surface area contributed by atoms with Crippen LogP contribution in [0, 0.1) is 17.1 Å². The summed E-state index contributed by atoms with van der Waals surface area (Å²) in [5, 5.41) is 14.9. The van der Waals surface area contributed by atoms with Gasteiger partial charge in [0.2, 0.25) is 5.95 Å². The van der Waals surface area contributed by atoms with Crippen LogP contribution in [-0.2, 0) is 13.0 Å². The van der Waals surface area contributed by atoms with E-state index in [-0.39, 0.29) is 53.5 Å². The molecule has 37 heavy (non-hydrogen) atoms. The standard InChI is InChI=1S/C27H27FN6O3/c1-15(2)31-27-32-23-14-33(25(36)18-7-10-22(28)19(12-18)13-29)16(3)11-21(23)26(37)34(27)20-8-5-17(6-9-20)24(35)30-4/h5-10,12,15-16H,11,14H2,1-4H3,(H,30,35)(H,31,32)/t16-/m1/s1. The predicted octanol–water partition coefficient (Wildman–Crippen LogP) is 3.01. The highest BCUT2D eigenvalue weighted by atomic mass is 19.1. The highest BCUT2D eigenvalue weighted by molar-refractivity contribution is 5.95. The fourth-order valence-corrected chi connectivity index (χ4v) is 4.34. The van der Waals surface area contributed by atoms with Crippen molar-refractivity contribution in [2.45, 2.75) is 45.8 Å². The molecule has 3 aromatic rings. The molecule has 2 aromatic carbocycles. The lowest BCUT2D eigenvalue weighted by Gasteiger charge is -2.34. The number of nitrogens with zero attached hydrogens (tertiary/aromatic N) is 4. The van der Waals surface area contributed by atoms with Gasteiger partial charge in [-0.25, -0.2) is 13.9 Å². The molecule has 4 rings (SSSR count). The van der Waals surface area contributed by atoms with Crippen LogP contribution in [0.25, 0.3) is 5.69 Å². The van der Waals surface area contributed by atoms with E-state index in [2.05, 4.69) is 10.6 Å². The maximum Gasteiger partial charge on any atom is 0.263 e. The number of fused-ring (bicyclic) bond motifs is 1. The Morgan fingerprint density at radius 3 is 2.46 bits per heavy atom. The first-order chi connectivity index (χ1) is 17.6. The minimum atomic E-state index is -0.689. The van der Waals surface area contributed by atoms with Gasteiger partial charge in [0.05, 0.1) is 23.5 Å². The van der Waals surface area contributed by atoms with E-state index >= 15 is 0 Å². The van der Waals surface area contributed by atoms with Crippen molar-refractivity contribution in [3.63, 3.8) is 0 Å². The van der Waals surface area contributed by atoms with Crippen LogP contribution in [0.4, 0.5) is 10.3 Å². The minimum Gasteiger partial charge on any atom is -0.355 e. The number of hydrogen-bond acceptors (Lipinski definition) is 6. The van der Waals surface area contributed by atoms with Crippen molar-refractivity contribution in [1.82, 2.24) is 19.8 Å². The molecule has 0 saturated carbocycles. The number of nitriles is 1. The van der Waals surface area contributed by atoms with Crippen molar-refractivity contribution in [2.24, 2.45) is 0 Å². The molecule has 0 spiro atoms. The first-order valence-corrected chi connectivity index (χ1v) is 11.9. The van der Waals surface area contributed by atoms with Gasteiger partial charge in [-0.1, -0.05) is 0 Å². The van der Waals surface area contributed by atoms with Gasteiger partial charge in [-0.05, 0) is 69.7 Å². The number of hydrogen-bond donors (Lipinski definition) is 2. The van der Waals surface area contributed by atoms with Gasteiger partial charge >= 0.3 is 0 Å². The molecule has 2 N–H and O–H groups in total. The zero-order valence-electron chi connectivity index (χ0n) is 21.0. The Bertz CT molecular complexity index is 1470. The molecule has 0 fully saturated rings. The van der Waals surface area contributed by atoms with Gasteiger partial charge in [-0.3, -0.25) is 14.4 Å². The average Bonchev–Trinajstić information content (AvgIpc) is 2.88. The lowest BCUT2D eigenvalue weighted by molar-refractivity contribution is 0.0653. The minimum absolute atomic E-state index is 0.0368. The molecule has 1 aliphatic heterocycles. The smallest absolute Gasteiger partial charge is 0.263 e. The Morgan fingerprint density at radius 2 is 1.84 bits per heavy atom. The van der Waals surface area contributed by atoms with Crippen LogP contribution < -0.4 is 16.2 Å². The second-order valence-electron chi connectivity index (χ2n) is 9.22. The third kappa shape index (κ3) is 4.93. The average molecular weight is 503 g/mol. The third-order valence-corrected chi connectivity index (χ3v) is 6.24. The van der Waals surface area contributed by atoms with Gasteiger partial charge in [0.1, 0.15) is 11.9 Å². The van der Waals surface area contributed by atoms with Gasteiger partial charge in [0.25, 0.3) is 17.4 Å². The van der Waals surface area contributed by atoms with Crippen LogP contribution in [0.3, 0.4) is 0 Å². The van der Waals surface area contributed by atoms with Crippen LogP contribution in [0.1, 0.15) is 58.3 Å². The topological polar surface area (TPSA) is 120 Å². The molecule has 0 bridgehead atoms. The van der Waals surface area contributed by atoms with E-state index in [1.54, 1.807) is 42.3 Å². The second kappa shape index (κ2) is 10.2. The first kappa shape index (κ1) is 25.6. The largest absolute Gasteiger partial charge is 0.355 e. The van der Waals surface area contributed by atoms with E-state index in [1.165, 1.54) is 16.7 Å². The van der Waals surface area contributed by atoms with Gasteiger partial charge in [0.15, 0.2) is 0 Å². The zero-order chi connectivity index (χ0) is 26.9. The number of benzene rings is 2. The summed E-state index contributed by atoms with van der Waals surface area (Å²) in [5.41, 5.74) is 1.72. The Balaban J connectivity index is 1.76. The number of amides is 2. The van der Waals surface area contributed by atoms with E-state index in [0.717, 1.165) is 6.07 Å². The highest BCUT2D eigenvalue weighted by Crippen LogP contribution is 2.25. The van der Waals surface area contributed by atoms with Gasteiger partial charge in [-0.2, -0.15) is 5.26 Å². The molecule has 0 aliphatic carbocycles. The van der Waals surface area contributed by atoms with Crippen LogP contribution in [0.15, 0.2) is 47.3 Å². The summed E-state index contributed by atoms with van der Waals surface area (Å²) in [6.07, 6.45) is 0.275. The van der Waals surface area contributed by atoms with E-state index in [9.17, 15) is 18.8 Å². The molecular formula is C27H27FN6O3. The van der Waals surface area contributed by atoms with Gasteiger partial charge in [0, 0.05) is 35.8 Å². The van der Waals surface area contributed by atoms with Crippen LogP contribution in [-0.4, -0.2) is 45.4 Å². The molecular weight excluding hydrogens is 475 g/mol. The second-order valence-corrected chi connectivity index (χ2v) is 9.22. The summed E-state index contributed by atoms with van der Waals surface area (Å²) in [7, 11) is 1.55. The van der Waals surface area contributed by atoms with Crippen molar-refractivity contribution >= 4 is 17.8 Å². The summed E-state index contributed by atoms with van der Waals surface area (Å²) >= 11 is 0. The first-order valence-electron chi connectivity index (χ1n) is 11.9. The van der Waals surface area contributed by atoms with Crippen molar-refractivity contribution in [3.8, 4) is 11.8 Å². The van der Waals surface area contributed by atoms with Crippen molar-refractivity contribution in [1.29, 1.82) is 5.26 Å². The number of nitrogens with one attached hydrogen (secondary N) is 2. The van der Waals surface area contributed by atoms with Crippen LogP contribution >= 0.6 is 0 Å². The van der Waals surface area contributed by atoms with Crippen molar-refractivity contribution in [3.05, 3.63) is 86.6 Å². The molecule has 1 aromatic heterocycles. The molecule has 0 unspecified atom stereocenters. The summed E-state index contributed by atoms with van der Waals surface area (Å²) in [5.74, 6) is -0.971. The van der Waals surface area contributed by atoms with Crippen LogP contribution in [0.2, 0.25) is 0 Å². The number of carbonyl (C=O) groups is 2. The molecule has 10 heteroatoms. The number of aromatic nitrogens is 2. The summed E-state index contributed by atoms with van der Waals surface area (Å²) in [6, 6.07) is 11.7. The number of rotatable bonds is 5. The summed E-state index contributed by atoms with van der Waals surface area (Å²) < 4.78 is 15.3. The molecule has 9 nitrogen and oxygen atoms in total. The highest BCUT2D eigenvalue weighted by Gasteiger charge is 2.32. The lowest BCUT2D eigenvalue weighted by Crippen LogP contribution is -2.46. The summed E-state index contributed by atoms with van der Waals surface area (Å²) in [4.78, 5) is 45.3. The predicted molar refractivity (Wildman–Crippen MR) is 136 cm³/mol. The Morgan fingerprint density at radius 1 is 1.16 bits per heavy atom. The van der Waals surface area contributed by atoms with E-state index in [1.807, 2.05) is 20.8 Å². The molecule has 0 radical (unpaired) electrons. The normalized spacial score (nSPS) is 14.6. The molecule has 1 atom stereocenters. The Hall–Kier alpha value is -4.52. The fourth-order valence-electron chi connectivity index (χ4n) is 4.34. The summed E-state index contributed by atoms with van der Waals surface area (Å²) in [6.45, 7) is 5.76. The number of halogens is 1. The Labute approximate surface area is 213 Å². The molecule has 190 valence electrons. The quantitative estimate of drug-likeness (QED) is 0.554. The maximum absolute atomic E-state index is 13.8. The monoisotopic (exact) mass is 502 g/mol. The number of carbonyl (C=O) groups excluding carboxylic acids is 2. The fraction of sp³-hybridized carbons (Fsp3) is 0.296. The third-order valence-electron chi connectivity index (χ3n) is 6.24. The van der Waals surface area contributed by atoms with E-state index < -0.39 is 5.82 Å². The van der Waals surface area contributed by atoms with Gasteiger partial charge in [-0.15, -0.1) is 0 Å². The molecule has 1 aliphatic rings. The Kier molecular flexibility index (Phi) is 7.07. The van der Waals surface area contributed by atoms with Gasteiger partial charge < -0.3 is 15.5 Å². The zero-order valence-corrected chi connectivity index (χ0v) is 21.0. The van der Waals surface area contributed by atoms with E-state index in [0.29, 0.717) is 28.5 Å².